The molecule has 1 aliphatic carbocycles. The van der Waals surface area contributed by atoms with Gasteiger partial charge in [-0.3, -0.25) is 9.78 Å². The molecule has 0 bridgehead atoms. The van der Waals surface area contributed by atoms with Crippen LogP contribution in [0.25, 0.3) is 17.1 Å². The first-order valence-electron chi connectivity index (χ1n) is 11.0. The first-order chi connectivity index (χ1) is 16.3. The third kappa shape index (κ3) is 4.69. The van der Waals surface area contributed by atoms with E-state index in [4.69, 9.17) is 5.11 Å². The minimum absolute atomic E-state index is 0.0408. The number of hydrogen-bond acceptors (Lipinski definition) is 7. The van der Waals surface area contributed by atoms with Gasteiger partial charge in [-0.2, -0.15) is 0 Å². The van der Waals surface area contributed by atoms with Gasteiger partial charge in [-0.15, -0.1) is 5.10 Å². The second kappa shape index (κ2) is 8.64. The predicted molar refractivity (Wildman–Crippen MR) is 122 cm³/mol. The number of nitrogens with zero attached hydrogens (tertiary/aromatic N) is 4. The van der Waals surface area contributed by atoms with Gasteiger partial charge in [0.25, 0.3) is 0 Å². The molecule has 3 heterocycles. The van der Waals surface area contributed by atoms with Crippen molar-refractivity contribution in [2.24, 2.45) is 11.8 Å². The van der Waals surface area contributed by atoms with Crippen LogP contribution in [0.2, 0.25) is 0 Å². The number of nitrogens with one attached hydrogen (secondary N) is 1. The average Bonchev–Trinajstić information content (AvgIpc) is 3.47. The third-order valence-electron chi connectivity index (χ3n) is 6.47. The average molecular weight is 482 g/mol. The number of rotatable bonds is 6. The molecule has 1 aliphatic heterocycles. The van der Waals surface area contributed by atoms with Gasteiger partial charge in [-0.25, -0.2) is 17.9 Å². The molecule has 2 atom stereocenters. The van der Waals surface area contributed by atoms with E-state index in [1.807, 2.05) is 24.3 Å². The fourth-order valence-corrected chi connectivity index (χ4v) is 7.16. The van der Waals surface area contributed by atoms with Gasteiger partial charge in [0.2, 0.25) is 5.91 Å². The Bertz CT molecular complexity index is 1330. The molecule has 3 aromatic rings. The maximum Gasteiger partial charge on any atom is 0.335 e. The van der Waals surface area contributed by atoms with Crippen molar-refractivity contribution in [3.8, 4) is 17.1 Å². The Balaban J connectivity index is 1.19. The molecule has 1 saturated carbocycles. The molecule has 34 heavy (non-hydrogen) atoms. The highest BCUT2D eigenvalue weighted by atomic mass is 32.2. The Morgan fingerprint density at radius 2 is 1.76 bits per heavy atom. The van der Waals surface area contributed by atoms with Crippen molar-refractivity contribution in [1.82, 2.24) is 25.3 Å². The highest BCUT2D eigenvalue weighted by Crippen LogP contribution is 2.39. The lowest BCUT2D eigenvalue weighted by Crippen LogP contribution is -2.35. The molecule has 0 radical (unpaired) electrons. The van der Waals surface area contributed by atoms with Gasteiger partial charge in [0.15, 0.2) is 9.84 Å². The second-order valence-corrected chi connectivity index (χ2v) is 11.1. The standard InChI is InChI=1S/C23H23N5O5S/c29-22(25-18-8-16-12-34(32,33)13-17(16)9-18)7-14-1-3-19(4-2-14)28-11-21(26-27-28)20-10-15(23(30)31)5-6-24-20/h1-6,10-11,16-18H,7-9,12-13H2,(H,25,29)(H,30,31). The zero-order valence-electron chi connectivity index (χ0n) is 18.2. The molecule has 5 rings (SSSR count). The fraction of sp³-hybridized carbons (Fsp3) is 0.348. The number of aromatic carboxylic acids is 1. The summed E-state index contributed by atoms with van der Waals surface area (Å²) in [6, 6.07) is 10.2. The molecule has 10 nitrogen and oxygen atoms in total. The number of carbonyl (C=O) groups is 2. The van der Waals surface area contributed by atoms with Gasteiger partial charge >= 0.3 is 5.97 Å². The largest absolute Gasteiger partial charge is 0.478 e. The number of aromatic nitrogens is 4. The van der Waals surface area contributed by atoms with Gasteiger partial charge in [0.1, 0.15) is 5.69 Å². The van der Waals surface area contributed by atoms with Crippen LogP contribution < -0.4 is 5.32 Å². The van der Waals surface area contributed by atoms with Crippen LogP contribution in [0.15, 0.2) is 48.8 Å². The quantitative estimate of drug-likeness (QED) is 0.539. The van der Waals surface area contributed by atoms with E-state index in [0.717, 1.165) is 24.1 Å². The number of amides is 1. The number of hydrogen-bond donors (Lipinski definition) is 2. The summed E-state index contributed by atoms with van der Waals surface area (Å²) in [7, 11) is -2.90. The van der Waals surface area contributed by atoms with Crippen molar-refractivity contribution in [1.29, 1.82) is 0 Å². The summed E-state index contributed by atoms with van der Waals surface area (Å²) in [5.41, 5.74) is 2.56. The monoisotopic (exact) mass is 481 g/mol. The summed E-state index contributed by atoms with van der Waals surface area (Å²) in [6.07, 6.45) is 4.77. The van der Waals surface area contributed by atoms with E-state index in [2.05, 4.69) is 20.6 Å². The molecular weight excluding hydrogens is 458 g/mol. The summed E-state index contributed by atoms with van der Waals surface area (Å²) in [4.78, 5) is 27.8. The van der Waals surface area contributed by atoms with Crippen molar-refractivity contribution >= 4 is 21.7 Å². The van der Waals surface area contributed by atoms with Crippen molar-refractivity contribution in [2.45, 2.75) is 25.3 Å². The molecule has 1 amide bonds. The Labute approximate surface area is 195 Å². The maximum atomic E-state index is 12.5. The number of fused-ring (bicyclic) bond motifs is 1. The minimum atomic E-state index is -2.90. The number of carbonyl (C=O) groups excluding carboxylic acids is 1. The van der Waals surface area contributed by atoms with Crippen molar-refractivity contribution < 1.29 is 23.1 Å². The molecule has 1 aromatic carbocycles. The molecule has 2 aromatic heterocycles. The molecule has 11 heteroatoms. The van der Waals surface area contributed by atoms with E-state index < -0.39 is 15.8 Å². The van der Waals surface area contributed by atoms with E-state index in [1.165, 1.54) is 18.3 Å². The number of carboxylic acids is 1. The van der Waals surface area contributed by atoms with Gasteiger partial charge in [0.05, 0.1) is 41.1 Å². The predicted octanol–water partition coefficient (Wildman–Crippen LogP) is 1.51. The van der Waals surface area contributed by atoms with E-state index >= 15 is 0 Å². The molecule has 1 saturated heterocycles. The SMILES string of the molecule is O=C(Cc1ccc(-n2cc(-c3cc(C(=O)O)ccn3)nn2)cc1)NC1CC2CS(=O)(=O)CC2C1. The molecular formula is C23H23N5O5S. The summed E-state index contributed by atoms with van der Waals surface area (Å²) in [5, 5.41) is 20.4. The normalized spacial score (nSPS) is 22.9. The van der Waals surface area contributed by atoms with Gasteiger partial charge in [-0.05, 0) is 54.5 Å². The molecule has 0 spiro atoms. The van der Waals surface area contributed by atoms with Crippen LogP contribution in [0, 0.1) is 11.8 Å². The summed E-state index contributed by atoms with van der Waals surface area (Å²) in [6.45, 7) is 0. The van der Waals surface area contributed by atoms with Crippen LogP contribution >= 0.6 is 0 Å². The van der Waals surface area contributed by atoms with E-state index in [9.17, 15) is 18.0 Å². The lowest BCUT2D eigenvalue weighted by Gasteiger charge is -2.14. The Hall–Kier alpha value is -3.60. The van der Waals surface area contributed by atoms with Crippen molar-refractivity contribution in [2.75, 3.05) is 11.5 Å². The number of carboxylic acid groups (broad SMARTS) is 1. The molecule has 2 fully saturated rings. The lowest BCUT2D eigenvalue weighted by molar-refractivity contribution is -0.121. The summed E-state index contributed by atoms with van der Waals surface area (Å²) in [5.74, 6) is -0.284. The van der Waals surface area contributed by atoms with Gasteiger partial charge in [-0.1, -0.05) is 17.3 Å². The van der Waals surface area contributed by atoms with Crippen LogP contribution in [0.3, 0.4) is 0 Å². The van der Waals surface area contributed by atoms with Crippen LogP contribution in [-0.4, -0.2) is 62.9 Å². The minimum Gasteiger partial charge on any atom is -0.478 e. The Morgan fingerprint density at radius 3 is 2.44 bits per heavy atom. The first kappa shape index (κ1) is 22.2. The van der Waals surface area contributed by atoms with Gasteiger partial charge in [0, 0.05) is 12.2 Å². The topological polar surface area (TPSA) is 144 Å². The molecule has 2 N–H and O–H groups in total. The number of benzene rings is 1. The molecule has 2 unspecified atom stereocenters. The third-order valence-corrected chi connectivity index (χ3v) is 8.34. The van der Waals surface area contributed by atoms with Crippen molar-refractivity contribution in [3.05, 3.63) is 59.9 Å². The molecule has 2 aliphatic rings. The van der Waals surface area contributed by atoms with Crippen LogP contribution in [0.5, 0.6) is 0 Å². The molecule has 176 valence electrons. The maximum absolute atomic E-state index is 12.5. The zero-order valence-corrected chi connectivity index (χ0v) is 19.0. The van der Waals surface area contributed by atoms with E-state index in [0.29, 0.717) is 11.4 Å². The fourth-order valence-electron chi connectivity index (χ4n) is 4.90. The van der Waals surface area contributed by atoms with Crippen LogP contribution in [0.1, 0.15) is 28.8 Å². The van der Waals surface area contributed by atoms with Crippen LogP contribution in [-0.2, 0) is 21.1 Å². The zero-order chi connectivity index (χ0) is 23.9. The number of pyridine rings is 1. The Kier molecular flexibility index (Phi) is 5.64. The van der Waals surface area contributed by atoms with E-state index in [-0.39, 0.29) is 47.3 Å². The number of sulfone groups is 1. The van der Waals surface area contributed by atoms with Crippen molar-refractivity contribution in [3.63, 3.8) is 0 Å². The van der Waals surface area contributed by atoms with Crippen LogP contribution in [0.4, 0.5) is 0 Å². The highest BCUT2D eigenvalue weighted by molar-refractivity contribution is 7.91. The smallest absolute Gasteiger partial charge is 0.335 e. The Morgan fingerprint density at radius 1 is 1.06 bits per heavy atom. The highest BCUT2D eigenvalue weighted by Gasteiger charge is 2.44. The second-order valence-electron chi connectivity index (χ2n) is 8.96. The lowest BCUT2D eigenvalue weighted by atomic mass is 10.0. The van der Waals surface area contributed by atoms with E-state index in [1.54, 1.807) is 10.9 Å². The summed E-state index contributed by atoms with van der Waals surface area (Å²) >= 11 is 0. The first-order valence-corrected chi connectivity index (χ1v) is 12.8. The summed E-state index contributed by atoms with van der Waals surface area (Å²) < 4.78 is 25.0. The van der Waals surface area contributed by atoms with Gasteiger partial charge < -0.3 is 10.4 Å².